The first-order valence-electron chi connectivity index (χ1n) is 30.0. The second-order valence-electron chi connectivity index (χ2n) is 17.1. The number of rotatable bonds is 7. The number of nitrogens with zero attached hydrogens (tertiary/aromatic N) is 4. The highest BCUT2D eigenvalue weighted by Gasteiger charge is 2.32. The monoisotopic (exact) mass is 829 g/mol. The molecule has 0 saturated carbocycles. The van der Waals surface area contributed by atoms with Crippen molar-refractivity contribution in [1.82, 2.24) is 9.55 Å². The zero-order chi connectivity index (χ0) is 60.0. The topological polar surface area (TPSA) is 33.5 Å². The summed E-state index contributed by atoms with van der Waals surface area (Å²) in [5.41, 5.74) is 3.06. The van der Waals surface area contributed by atoms with E-state index in [0.717, 1.165) is 27.3 Å². The number of anilines is 4. The van der Waals surface area contributed by atoms with Crippen LogP contribution >= 0.6 is 0 Å². The van der Waals surface area contributed by atoms with Crippen molar-refractivity contribution in [2.24, 2.45) is 0 Å². The zero-order valence-electron chi connectivity index (χ0n) is 54.8. The molecule has 306 valence electrons. The fourth-order valence-corrected chi connectivity index (χ4v) is 7.84. The van der Waals surface area contributed by atoms with Gasteiger partial charge in [0, 0.05) is 50.0 Å². The lowest BCUT2D eigenvalue weighted by Gasteiger charge is -2.29. The summed E-state index contributed by atoms with van der Waals surface area (Å²) in [4.78, 5) is 7.67. The molecule has 0 aliphatic carbocycles. The number of fused-ring (bicyclic) bond motifs is 4. The SMILES string of the molecule is [2H]c1nc(-n2c3cc(Oc4cc(N5CN(c6c(-c7cc(C(C)(C)C)cc(C(C)(C)C)c7)cccc6-c6c([2H])c([2H])c([2H])c([2H])c6[2H])c6ccccc65)c([2H])c([2H])c4[2H])c([2H])c([2H])c3c3c([2H])c([2H])c([2H])c([2H])c32)c([2H])c(C([2H])([2H])[2H])c1[2H]. The molecule has 0 bridgehead atoms. The van der Waals surface area contributed by atoms with Crippen LogP contribution in [0.3, 0.4) is 0 Å². The summed E-state index contributed by atoms with van der Waals surface area (Å²) in [5, 5.41) is -0.562. The van der Waals surface area contributed by atoms with Crippen LogP contribution in [0.1, 0.15) is 85.6 Å². The lowest BCUT2D eigenvalue weighted by molar-refractivity contribution is 0.483. The van der Waals surface area contributed by atoms with E-state index in [4.69, 9.17) is 23.9 Å². The van der Waals surface area contributed by atoms with Crippen LogP contribution in [0.25, 0.3) is 49.9 Å². The highest BCUT2D eigenvalue weighted by molar-refractivity contribution is 6.09. The summed E-state index contributed by atoms with van der Waals surface area (Å²) in [6.45, 7) is 9.38. The third-order valence-electron chi connectivity index (χ3n) is 11.0. The Morgan fingerprint density at radius 2 is 1.27 bits per heavy atom. The summed E-state index contributed by atoms with van der Waals surface area (Å²) < 4.78 is 184. The highest BCUT2D eigenvalue weighted by Crippen LogP contribution is 2.51. The molecular formula is C57H52N4O. The molecule has 0 unspecified atom stereocenters. The molecule has 0 N–H and O–H groups in total. The third-order valence-corrected chi connectivity index (χ3v) is 11.0. The molecule has 9 aromatic rings. The Bertz CT molecular complexity index is 4170. The minimum atomic E-state index is -3.12. The highest BCUT2D eigenvalue weighted by atomic mass is 16.5. The van der Waals surface area contributed by atoms with Gasteiger partial charge in [0.15, 0.2) is 0 Å². The van der Waals surface area contributed by atoms with E-state index in [1.54, 1.807) is 35.2 Å². The molecule has 0 amide bonds. The molecule has 1 aliphatic rings. The van der Waals surface area contributed by atoms with Crippen molar-refractivity contribution in [1.29, 1.82) is 0 Å². The van der Waals surface area contributed by atoms with Crippen LogP contribution in [0.5, 0.6) is 11.5 Å². The summed E-state index contributed by atoms with van der Waals surface area (Å²) in [6, 6.07) is 11.3. The minimum absolute atomic E-state index is 0.0210. The molecule has 1 aliphatic heterocycles. The molecule has 7 aromatic carbocycles. The number of para-hydroxylation sites is 4. The van der Waals surface area contributed by atoms with E-state index in [0.29, 0.717) is 28.2 Å². The number of aromatic nitrogens is 2. The van der Waals surface area contributed by atoms with Crippen LogP contribution in [-0.4, -0.2) is 16.2 Å². The van der Waals surface area contributed by atoms with Gasteiger partial charge in [0.2, 0.25) is 0 Å². The summed E-state index contributed by atoms with van der Waals surface area (Å²) >= 11 is 0. The Morgan fingerprint density at radius 1 is 0.597 bits per heavy atom. The van der Waals surface area contributed by atoms with Crippen LogP contribution in [0.4, 0.5) is 22.7 Å². The standard InChI is InChI=1S/C57H52N4O/c1-38-29-30-58-54(31-38)61-50-24-12-11-21-48(50)49-28-27-45(36-53(49)61)62-44-20-15-19-43(35-44)59-37-60(52-26-14-13-25-51(52)59)55-46(39-17-9-8-10-18-39)22-16-23-47(55)40-32-41(56(2,3)4)34-42(33-40)57(5,6)7/h8-36H,37H2,1-7H3/i1D3,8D,9D,10D,11D,12D,15D,17D,18D,19D,20D,21D,24D,27D,28D,29D,30D,31D. The maximum atomic E-state index is 9.43. The van der Waals surface area contributed by atoms with Gasteiger partial charge in [-0.1, -0.05) is 144 Å². The average Bonchev–Trinajstić information content (AvgIpc) is 2.83. The lowest BCUT2D eigenvalue weighted by Crippen LogP contribution is -2.25. The van der Waals surface area contributed by atoms with Crippen LogP contribution in [0, 0.1) is 6.85 Å². The third kappa shape index (κ3) is 7.07. The predicted molar refractivity (Wildman–Crippen MR) is 260 cm³/mol. The first kappa shape index (κ1) is 22.7. The van der Waals surface area contributed by atoms with Gasteiger partial charge < -0.3 is 14.5 Å². The number of pyridine rings is 1. The second-order valence-corrected chi connectivity index (χ2v) is 17.1. The van der Waals surface area contributed by atoms with Crippen LogP contribution in [0.2, 0.25) is 0 Å². The van der Waals surface area contributed by atoms with Gasteiger partial charge >= 0.3 is 0 Å². The molecule has 5 nitrogen and oxygen atoms in total. The number of hydrogen-bond donors (Lipinski definition) is 0. The Morgan fingerprint density at radius 3 is 2.02 bits per heavy atom. The molecule has 0 saturated heterocycles. The van der Waals surface area contributed by atoms with Crippen LogP contribution < -0.4 is 14.5 Å². The van der Waals surface area contributed by atoms with E-state index >= 15 is 0 Å². The van der Waals surface area contributed by atoms with E-state index in [1.807, 2.05) is 17.0 Å². The van der Waals surface area contributed by atoms with Gasteiger partial charge in [0.05, 0.1) is 51.4 Å². The molecule has 2 aromatic heterocycles. The number of hydrogen-bond acceptors (Lipinski definition) is 4. The van der Waals surface area contributed by atoms with E-state index in [-0.39, 0.29) is 50.6 Å². The fourth-order valence-electron chi connectivity index (χ4n) is 7.84. The summed E-state index contributed by atoms with van der Waals surface area (Å²) in [6.07, 6.45) is -0.877. The van der Waals surface area contributed by atoms with Crippen molar-refractivity contribution in [3.63, 3.8) is 0 Å². The molecular weight excluding hydrogens is 757 g/mol. The molecule has 0 radical (unpaired) electrons. The molecule has 0 atom stereocenters. The van der Waals surface area contributed by atoms with E-state index < -0.39 is 133 Å². The van der Waals surface area contributed by atoms with Crippen molar-refractivity contribution in [3.8, 4) is 39.6 Å². The van der Waals surface area contributed by atoms with E-state index in [2.05, 4.69) is 64.7 Å². The van der Waals surface area contributed by atoms with Gasteiger partial charge in [-0.2, -0.15) is 0 Å². The van der Waals surface area contributed by atoms with Gasteiger partial charge in [0.1, 0.15) is 24.0 Å². The Hall–Kier alpha value is -7.11. The van der Waals surface area contributed by atoms with E-state index in [1.165, 1.54) is 6.07 Å². The normalized spacial score (nSPS) is 17.7. The number of ether oxygens (including phenoxy) is 1. The van der Waals surface area contributed by atoms with Gasteiger partial charge in [0.25, 0.3) is 0 Å². The van der Waals surface area contributed by atoms with E-state index in [9.17, 15) is 8.22 Å². The quantitative estimate of drug-likeness (QED) is 0.160. The Labute approximate surface area is 393 Å². The first-order chi connectivity index (χ1) is 38.2. The van der Waals surface area contributed by atoms with Crippen molar-refractivity contribution in [3.05, 3.63) is 192 Å². The summed E-state index contributed by atoms with van der Waals surface area (Å²) in [5.74, 6) is -1.51. The van der Waals surface area contributed by atoms with Gasteiger partial charge in [-0.05, 0) is 99.9 Å². The number of benzene rings is 7. The average molecular weight is 829 g/mol. The molecule has 5 heteroatoms. The Kier molecular flexibility index (Phi) is 5.52. The maximum absolute atomic E-state index is 9.43. The molecule has 10 rings (SSSR count). The van der Waals surface area contributed by atoms with Gasteiger partial charge in [-0.25, -0.2) is 4.98 Å². The molecule has 0 fully saturated rings. The lowest BCUT2D eigenvalue weighted by atomic mass is 9.78. The zero-order valence-corrected chi connectivity index (χ0v) is 34.8. The van der Waals surface area contributed by atoms with Crippen molar-refractivity contribution in [2.45, 2.75) is 59.2 Å². The van der Waals surface area contributed by atoms with Crippen molar-refractivity contribution < 1.29 is 32.2 Å². The molecule has 0 spiro atoms. The first-order valence-corrected chi connectivity index (χ1v) is 20.0. The maximum Gasteiger partial charge on any atom is 0.137 e. The smallest absolute Gasteiger partial charge is 0.137 e. The van der Waals surface area contributed by atoms with Gasteiger partial charge in [-0.15, -0.1) is 0 Å². The van der Waals surface area contributed by atoms with Crippen LogP contribution in [-0.2, 0) is 10.8 Å². The van der Waals surface area contributed by atoms with Crippen molar-refractivity contribution >= 4 is 44.6 Å². The second kappa shape index (κ2) is 15.1. The predicted octanol–water partition coefficient (Wildman–Crippen LogP) is 15.5. The van der Waals surface area contributed by atoms with Gasteiger partial charge in [-0.3, -0.25) is 4.57 Å². The van der Waals surface area contributed by atoms with Crippen LogP contribution in [0.15, 0.2) is 176 Å². The van der Waals surface area contributed by atoms with Crippen molar-refractivity contribution in [2.75, 3.05) is 16.5 Å². The summed E-state index contributed by atoms with van der Waals surface area (Å²) in [7, 11) is 0. The fraction of sp³-hybridized carbons (Fsp3) is 0.175. The Balaban J connectivity index is 1.19. The minimum Gasteiger partial charge on any atom is -0.457 e. The largest absolute Gasteiger partial charge is 0.457 e. The molecule has 62 heavy (non-hydrogen) atoms. The molecule has 3 heterocycles.